The van der Waals surface area contributed by atoms with Crippen LogP contribution >= 0.6 is 0 Å². The number of rotatable bonds is 9. The molecule has 0 aliphatic rings. The van der Waals surface area contributed by atoms with Crippen LogP contribution < -0.4 is 0 Å². The molecular formula is C19H29N3O3S. The number of aldehydes is 1. The third-order valence-electron chi connectivity index (χ3n) is 3.97. The van der Waals surface area contributed by atoms with Crippen LogP contribution in [-0.2, 0) is 21.1 Å². The Balaban J connectivity index is 3.65. The Bertz CT molecular complexity index is 796. The second-order valence-electron chi connectivity index (χ2n) is 6.75. The number of allylic oxidation sites excluding steroid dienone is 3. The minimum atomic E-state index is -3.53. The van der Waals surface area contributed by atoms with E-state index in [2.05, 4.69) is 16.9 Å². The lowest BCUT2D eigenvalue weighted by Gasteiger charge is -2.21. The van der Waals surface area contributed by atoms with Crippen molar-refractivity contribution in [2.45, 2.75) is 58.2 Å². The van der Waals surface area contributed by atoms with Crippen molar-refractivity contribution in [1.82, 2.24) is 14.9 Å². The van der Waals surface area contributed by atoms with Crippen LogP contribution in [0.4, 0.5) is 0 Å². The van der Waals surface area contributed by atoms with Crippen LogP contribution in [0.5, 0.6) is 0 Å². The van der Waals surface area contributed by atoms with E-state index in [0.717, 1.165) is 37.4 Å². The number of sulfone groups is 1. The fourth-order valence-electron chi connectivity index (χ4n) is 2.18. The molecule has 0 radical (unpaired) electrons. The highest BCUT2D eigenvalue weighted by molar-refractivity contribution is 7.90. The fourth-order valence-corrected chi connectivity index (χ4v) is 2.69. The Morgan fingerprint density at radius 1 is 1.35 bits per heavy atom. The van der Waals surface area contributed by atoms with E-state index >= 15 is 0 Å². The standard InChI is InChI=1S/C19H29N3O3S/c1-7-8-9-16-11-20-19(26(6,24)25)21-18(16)17(10-15(4)13-23)12-22(5)14(2)3/h10-14H,7-9H2,1-6H3/b15-10-,17-12+. The molecule has 0 atom stereocenters. The number of unbranched alkanes of at least 4 members (excludes halogenated alkanes) is 1. The number of hydrogen-bond donors (Lipinski definition) is 0. The van der Waals surface area contributed by atoms with Gasteiger partial charge in [-0.15, -0.1) is 0 Å². The lowest BCUT2D eigenvalue weighted by molar-refractivity contribution is -0.104. The molecule has 0 aliphatic carbocycles. The maximum absolute atomic E-state index is 11.9. The summed E-state index contributed by atoms with van der Waals surface area (Å²) in [5, 5.41) is -0.206. The van der Waals surface area contributed by atoms with Crippen molar-refractivity contribution in [3.05, 3.63) is 35.3 Å². The highest BCUT2D eigenvalue weighted by Crippen LogP contribution is 2.23. The second-order valence-corrected chi connectivity index (χ2v) is 8.66. The zero-order valence-electron chi connectivity index (χ0n) is 16.5. The fraction of sp³-hybridized carbons (Fsp3) is 0.526. The molecule has 0 spiro atoms. The number of nitrogens with zero attached hydrogens (tertiary/aromatic N) is 3. The molecule has 1 aromatic rings. The van der Waals surface area contributed by atoms with Crippen molar-refractivity contribution < 1.29 is 13.2 Å². The first-order valence-corrected chi connectivity index (χ1v) is 10.6. The van der Waals surface area contributed by atoms with Gasteiger partial charge in [0.2, 0.25) is 15.0 Å². The molecule has 1 aromatic heterocycles. The van der Waals surface area contributed by atoms with Gasteiger partial charge in [-0.3, -0.25) is 4.79 Å². The SMILES string of the molecule is CCCCc1cnc(S(C)(=O)=O)nc1C(/C=C(/C)C=O)=C/N(C)C(C)C. The summed E-state index contributed by atoms with van der Waals surface area (Å²) in [5.74, 6) is 0. The lowest BCUT2D eigenvalue weighted by atomic mass is 10.0. The highest BCUT2D eigenvalue weighted by Gasteiger charge is 2.17. The van der Waals surface area contributed by atoms with Gasteiger partial charge in [-0.25, -0.2) is 18.4 Å². The van der Waals surface area contributed by atoms with Crippen molar-refractivity contribution in [2.75, 3.05) is 13.3 Å². The average molecular weight is 380 g/mol. The molecule has 26 heavy (non-hydrogen) atoms. The molecule has 0 aliphatic heterocycles. The summed E-state index contributed by atoms with van der Waals surface area (Å²) in [6.45, 7) is 7.89. The Morgan fingerprint density at radius 2 is 2.00 bits per heavy atom. The van der Waals surface area contributed by atoms with Gasteiger partial charge in [0.15, 0.2) is 0 Å². The van der Waals surface area contributed by atoms with Crippen LogP contribution in [0.2, 0.25) is 0 Å². The summed E-state index contributed by atoms with van der Waals surface area (Å²) in [6, 6.07) is 0.241. The Hall–Kier alpha value is -2.02. The second kappa shape index (κ2) is 9.62. The number of aromatic nitrogens is 2. The van der Waals surface area contributed by atoms with Gasteiger partial charge in [-0.05, 0) is 50.8 Å². The maximum Gasteiger partial charge on any atom is 0.247 e. The normalized spacial score (nSPS) is 13.2. The van der Waals surface area contributed by atoms with Gasteiger partial charge >= 0.3 is 0 Å². The molecule has 1 heterocycles. The first-order valence-electron chi connectivity index (χ1n) is 8.73. The average Bonchev–Trinajstić information content (AvgIpc) is 2.57. The molecule has 1 rings (SSSR count). The molecule has 0 saturated heterocycles. The van der Waals surface area contributed by atoms with E-state index in [-0.39, 0.29) is 11.2 Å². The zero-order valence-corrected chi connectivity index (χ0v) is 17.3. The van der Waals surface area contributed by atoms with Gasteiger partial charge in [0, 0.05) is 37.3 Å². The molecule has 144 valence electrons. The summed E-state index contributed by atoms with van der Waals surface area (Å²) >= 11 is 0. The van der Waals surface area contributed by atoms with E-state index in [1.807, 2.05) is 32.0 Å². The summed E-state index contributed by atoms with van der Waals surface area (Å²) in [7, 11) is -1.60. The number of carbonyl (C=O) groups excluding carboxylic acids is 1. The minimum Gasteiger partial charge on any atom is -0.377 e. The Labute approximate surface area is 157 Å². The third-order valence-corrected chi connectivity index (χ3v) is 4.83. The predicted molar refractivity (Wildman–Crippen MR) is 104 cm³/mol. The molecule has 0 unspecified atom stereocenters. The van der Waals surface area contributed by atoms with Gasteiger partial charge in [-0.1, -0.05) is 13.3 Å². The number of carbonyl (C=O) groups is 1. The zero-order chi connectivity index (χ0) is 19.9. The van der Waals surface area contributed by atoms with Crippen LogP contribution in [0.15, 0.2) is 29.2 Å². The first-order chi connectivity index (χ1) is 12.1. The largest absolute Gasteiger partial charge is 0.377 e. The van der Waals surface area contributed by atoms with Crippen LogP contribution in [0, 0.1) is 0 Å². The summed E-state index contributed by atoms with van der Waals surface area (Å²) < 4.78 is 23.8. The van der Waals surface area contributed by atoms with Gasteiger partial charge in [0.05, 0.1) is 5.69 Å². The predicted octanol–water partition coefficient (Wildman–Crippen LogP) is 3.05. The molecule has 0 amide bonds. The highest BCUT2D eigenvalue weighted by atomic mass is 32.2. The van der Waals surface area contributed by atoms with Crippen LogP contribution in [0.1, 0.15) is 51.8 Å². The Morgan fingerprint density at radius 3 is 2.50 bits per heavy atom. The van der Waals surface area contributed by atoms with Crippen molar-refractivity contribution in [3.63, 3.8) is 0 Å². The van der Waals surface area contributed by atoms with Crippen LogP contribution in [-0.4, -0.2) is 48.9 Å². The van der Waals surface area contributed by atoms with E-state index in [9.17, 15) is 13.2 Å². The quantitative estimate of drug-likeness (QED) is 0.284. The number of hydrogen-bond acceptors (Lipinski definition) is 6. The van der Waals surface area contributed by atoms with Crippen molar-refractivity contribution in [1.29, 1.82) is 0 Å². The molecule has 0 aromatic carbocycles. The van der Waals surface area contributed by atoms with E-state index in [1.54, 1.807) is 19.2 Å². The summed E-state index contributed by atoms with van der Waals surface area (Å²) in [4.78, 5) is 21.5. The molecule has 0 bridgehead atoms. The molecule has 0 fully saturated rings. The van der Waals surface area contributed by atoms with E-state index < -0.39 is 9.84 Å². The molecule has 6 nitrogen and oxygen atoms in total. The van der Waals surface area contributed by atoms with Gasteiger partial charge in [0.1, 0.15) is 6.29 Å². The molecular weight excluding hydrogens is 350 g/mol. The Kier molecular flexibility index (Phi) is 8.14. The smallest absolute Gasteiger partial charge is 0.247 e. The molecule has 0 N–H and O–H groups in total. The van der Waals surface area contributed by atoms with Crippen molar-refractivity contribution in [3.8, 4) is 0 Å². The minimum absolute atomic E-state index is 0.206. The van der Waals surface area contributed by atoms with Gasteiger partial charge < -0.3 is 4.90 Å². The summed E-state index contributed by atoms with van der Waals surface area (Å²) in [6.07, 6.45) is 9.76. The lowest BCUT2D eigenvalue weighted by Crippen LogP contribution is -2.20. The van der Waals surface area contributed by atoms with E-state index in [1.165, 1.54) is 0 Å². The van der Waals surface area contributed by atoms with Crippen LogP contribution in [0.3, 0.4) is 0 Å². The molecule has 7 heteroatoms. The van der Waals surface area contributed by atoms with Crippen LogP contribution in [0.25, 0.3) is 5.57 Å². The maximum atomic E-state index is 11.9. The topological polar surface area (TPSA) is 80.2 Å². The first kappa shape index (κ1) is 22.0. The van der Waals surface area contributed by atoms with Gasteiger partial charge in [-0.2, -0.15) is 0 Å². The number of aryl methyl sites for hydroxylation is 1. The monoisotopic (exact) mass is 379 g/mol. The van der Waals surface area contributed by atoms with E-state index in [4.69, 9.17) is 0 Å². The third kappa shape index (κ3) is 6.37. The van der Waals surface area contributed by atoms with Crippen molar-refractivity contribution >= 4 is 21.7 Å². The van der Waals surface area contributed by atoms with Crippen molar-refractivity contribution in [2.24, 2.45) is 0 Å². The van der Waals surface area contributed by atoms with E-state index in [0.29, 0.717) is 16.8 Å². The summed E-state index contributed by atoms with van der Waals surface area (Å²) in [5.41, 5.74) is 2.67. The molecule has 0 saturated carbocycles. The van der Waals surface area contributed by atoms with Gasteiger partial charge in [0.25, 0.3) is 0 Å².